The molecule has 0 saturated carbocycles. The molecule has 0 saturated heterocycles. The van der Waals surface area contributed by atoms with Gasteiger partial charge in [-0.15, -0.1) is 0 Å². The second kappa shape index (κ2) is 8.23. The smallest absolute Gasteiger partial charge is 0.231 e. The highest BCUT2D eigenvalue weighted by Crippen LogP contribution is 2.35. The quantitative estimate of drug-likeness (QED) is 0.341. The van der Waals surface area contributed by atoms with Gasteiger partial charge < -0.3 is 9.47 Å². The zero-order valence-electron chi connectivity index (χ0n) is 15.0. The molecule has 6 heteroatoms. The second-order valence-corrected chi connectivity index (χ2v) is 7.72. The average Bonchev–Trinajstić information content (AvgIpc) is 3.03. The zero-order valence-corrected chi connectivity index (χ0v) is 17.4. The van der Waals surface area contributed by atoms with E-state index in [0.717, 1.165) is 10.0 Å². The number of hydrogen-bond acceptors (Lipinski definition) is 4. The fourth-order valence-electron chi connectivity index (χ4n) is 2.84. The number of ether oxygens (including phenoxy) is 2. The minimum absolute atomic E-state index is 0.129. The third-order valence-electron chi connectivity index (χ3n) is 4.35. The predicted octanol–water partition coefficient (Wildman–Crippen LogP) is 5.98. The third kappa shape index (κ3) is 4.42. The van der Waals surface area contributed by atoms with Crippen LogP contribution < -0.4 is 9.47 Å². The van der Waals surface area contributed by atoms with E-state index < -0.39 is 0 Å². The molecule has 3 aromatic rings. The van der Waals surface area contributed by atoms with Crippen LogP contribution in [-0.2, 0) is 0 Å². The summed E-state index contributed by atoms with van der Waals surface area (Å²) in [6.07, 6.45) is 1.69. The summed E-state index contributed by atoms with van der Waals surface area (Å²) < 4.78 is 12.3. The van der Waals surface area contributed by atoms with E-state index in [2.05, 4.69) is 15.9 Å². The van der Waals surface area contributed by atoms with Gasteiger partial charge in [0.15, 0.2) is 18.1 Å². The van der Waals surface area contributed by atoms with Crippen molar-refractivity contribution < 1.29 is 19.1 Å². The third-order valence-corrected chi connectivity index (χ3v) is 5.13. The van der Waals surface area contributed by atoms with E-state index in [1.54, 1.807) is 48.5 Å². The number of carbonyl (C=O) groups is 2. The zero-order chi connectivity index (χ0) is 20.4. The monoisotopic (exact) mass is 468 g/mol. The van der Waals surface area contributed by atoms with Gasteiger partial charge in [-0.2, -0.15) is 0 Å². The van der Waals surface area contributed by atoms with Gasteiger partial charge in [0, 0.05) is 21.1 Å². The summed E-state index contributed by atoms with van der Waals surface area (Å²) in [6.45, 7) is -0.129. The van der Waals surface area contributed by atoms with E-state index in [4.69, 9.17) is 21.1 Å². The Morgan fingerprint density at radius 2 is 1.76 bits per heavy atom. The van der Waals surface area contributed by atoms with E-state index in [-0.39, 0.29) is 23.9 Å². The fourth-order valence-corrected chi connectivity index (χ4v) is 3.23. The van der Waals surface area contributed by atoms with Crippen LogP contribution in [0.1, 0.15) is 26.3 Å². The summed E-state index contributed by atoms with van der Waals surface area (Å²) in [4.78, 5) is 24.8. The summed E-state index contributed by atoms with van der Waals surface area (Å²) in [5.41, 5.74) is 1.83. The molecule has 0 aliphatic carbocycles. The predicted molar refractivity (Wildman–Crippen MR) is 115 cm³/mol. The van der Waals surface area contributed by atoms with Crippen LogP contribution in [-0.4, -0.2) is 18.2 Å². The number of benzene rings is 3. The maximum atomic E-state index is 12.5. The molecule has 1 heterocycles. The van der Waals surface area contributed by atoms with Gasteiger partial charge in [0.05, 0.1) is 5.56 Å². The number of halogens is 2. The lowest BCUT2D eigenvalue weighted by Gasteiger charge is -2.07. The number of Topliss-reactive ketones (excluding diaryl/α,β-unsaturated/α-hetero) is 2. The maximum absolute atomic E-state index is 12.5. The van der Waals surface area contributed by atoms with E-state index in [9.17, 15) is 9.59 Å². The van der Waals surface area contributed by atoms with Gasteiger partial charge in [-0.05, 0) is 60.2 Å². The molecule has 0 atom stereocenters. The number of rotatable bonds is 5. The van der Waals surface area contributed by atoms with Crippen molar-refractivity contribution >= 4 is 45.2 Å². The molecule has 1 aliphatic heterocycles. The Labute approximate surface area is 180 Å². The Hall–Kier alpha value is -2.89. The van der Waals surface area contributed by atoms with Crippen LogP contribution in [0.25, 0.3) is 6.08 Å². The van der Waals surface area contributed by atoms with Crippen LogP contribution >= 0.6 is 27.5 Å². The lowest BCUT2D eigenvalue weighted by Crippen LogP contribution is -2.11. The number of carbonyl (C=O) groups excluding carboxylic acids is 2. The van der Waals surface area contributed by atoms with Crippen molar-refractivity contribution in [2.24, 2.45) is 0 Å². The summed E-state index contributed by atoms with van der Waals surface area (Å²) in [5, 5.41) is 0.565. The highest BCUT2D eigenvalue weighted by atomic mass is 79.9. The van der Waals surface area contributed by atoms with Crippen molar-refractivity contribution in [2.75, 3.05) is 6.61 Å². The Morgan fingerprint density at radius 3 is 2.48 bits per heavy atom. The molecule has 4 nitrogen and oxygen atoms in total. The first-order chi connectivity index (χ1) is 14.0. The molecule has 0 fully saturated rings. The molecule has 1 aliphatic rings. The molecule has 0 spiro atoms. The highest BCUT2D eigenvalue weighted by Gasteiger charge is 2.27. The molecule has 0 aromatic heterocycles. The first kappa shape index (κ1) is 19.4. The Bertz CT molecular complexity index is 1120. The number of fused-ring (bicyclic) bond motifs is 1. The fraction of sp³-hybridized carbons (Fsp3) is 0.0435. The lowest BCUT2D eigenvalue weighted by molar-refractivity contribution is 0.0921. The summed E-state index contributed by atoms with van der Waals surface area (Å²) >= 11 is 9.22. The van der Waals surface area contributed by atoms with Gasteiger partial charge in [0.2, 0.25) is 5.78 Å². The van der Waals surface area contributed by atoms with Crippen molar-refractivity contribution in [3.05, 3.63) is 98.7 Å². The van der Waals surface area contributed by atoms with Crippen LogP contribution in [0.15, 0.2) is 77.0 Å². The molecule has 0 N–H and O–H groups in total. The number of allylic oxidation sites excluding steroid dienone is 1. The van der Waals surface area contributed by atoms with Crippen molar-refractivity contribution in [3.8, 4) is 11.5 Å². The van der Waals surface area contributed by atoms with E-state index in [1.165, 1.54) is 0 Å². The lowest BCUT2D eigenvalue weighted by atomic mass is 10.1. The van der Waals surface area contributed by atoms with Gasteiger partial charge in [0.25, 0.3) is 0 Å². The van der Waals surface area contributed by atoms with Crippen LogP contribution in [0.4, 0.5) is 0 Å². The van der Waals surface area contributed by atoms with Crippen LogP contribution in [0.2, 0.25) is 5.02 Å². The van der Waals surface area contributed by atoms with Gasteiger partial charge >= 0.3 is 0 Å². The first-order valence-corrected chi connectivity index (χ1v) is 9.92. The van der Waals surface area contributed by atoms with Crippen LogP contribution in [0, 0.1) is 0 Å². The van der Waals surface area contributed by atoms with Crippen molar-refractivity contribution in [2.45, 2.75) is 0 Å². The molecule has 0 unspecified atom stereocenters. The minimum Gasteiger partial charge on any atom is -0.485 e. The molecule has 3 aromatic carbocycles. The average molecular weight is 470 g/mol. The topological polar surface area (TPSA) is 52.6 Å². The Balaban J connectivity index is 1.46. The number of ketones is 2. The standard InChI is InChI=1S/C23H14BrClO4/c24-16-5-1-14(2-6-16)11-22-23(27)19-10-9-18(12-21(19)29-22)28-13-20(26)15-3-7-17(25)8-4-15/h1-12H,13H2. The Morgan fingerprint density at radius 1 is 1.03 bits per heavy atom. The van der Waals surface area contributed by atoms with Gasteiger partial charge in [0.1, 0.15) is 11.5 Å². The van der Waals surface area contributed by atoms with Crippen LogP contribution in [0.5, 0.6) is 11.5 Å². The van der Waals surface area contributed by atoms with E-state index in [1.807, 2.05) is 24.3 Å². The molecule has 29 heavy (non-hydrogen) atoms. The maximum Gasteiger partial charge on any atom is 0.231 e. The summed E-state index contributed by atoms with van der Waals surface area (Å²) in [6, 6.07) is 19.1. The number of hydrogen-bond donors (Lipinski definition) is 0. The minimum atomic E-state index is -0.188. The molecule has 0 bridgehead atoms. The van der Waals surface area contributed by atoms with E-state index >= 15 is 0 Å². The normalized spacial score (nSPS) is 13.9. The van der Waals surface area contributed by atoms with Gasteiger partial charge in [-0.1, -0.05) is 39.7 Å². The molecule has 4 rings (SSSR count). The van der Waals surface area contributed by atoms with Gasteiger partial charge in [-0.25, -0.2) is 0 Å². The first-order valence-electron chi connectivity index (χ1n) is 8.75. The Kier molecular flexibility index (Phi) is 5.51. The molecular weight excluding hydrogens is 456 g/mol. The largest absolute Gasteiger partial charge is 0.485 e. The molecule has 144 valence electrons. The van der Waals surface area contributed by atoms with Crippen molar-refractivity contribution in [3.63, 3.8) is 0 Å². The van der Waals surface area contributed by atoms with Crippen LogP contribution in [0.3, 0.4) is 0 Å². The molecule has 0 radical (unpaired) electrons. The van der Waals surface area contributed by atoms with Crippen molar-refractivity contribution in [1.82, 2.24) is 0 Å². The van der Waals surface area contributed by atoms with E-state index in [0.29, 0.717) is 27.6 Å². The molecular formula is C23H14BrClO4. The SMILES string of the molecule is O=C(COc1ccc2c(c1)OC(=Cc1ccc(Br)cc1)C2=O)c1ccc(Cl)cc1. The second-order valence-electron chi connectivity index (χ2n) is 6.37. The van der Waals surface area contributed by atoms with Crippen molar-refractivity contribution in [1.29, 1.82) is 0 Å². The summed E-state index contributed by atoms with van der Waals surface area (Å²) in [5.74, 6) is 0.747. The summed E-state index contributed by atoms with van der Waals surface area (Å²) in [7, 11) is 0. The highest BCUT2D eigenvalue weighted by molar-refractivity contribution is 9.10. The molecule has 0 amide bonds. The van der Waals surface area contributed by atoms with Gasteiger partial charge in [-0.3, -0.25) is 9.59 Å².